The number of hydrogen-bond acceptors (Lipinski definition) is 3. The molecule has 154 valence electrons. The van der Waals surface area contributed by atoms with Gasteiger partial charge in [-0.05, 0) is 103 Å². The van der Waals surface area contributed by atoms with E-state index in [1.54, 1.807) is 6.08 Å². The van der Waals surface area contributed by atoms with Crippen LogP contribution in [0.5, 0.6) is 11.5 Å². The highest BCUT2D eigenvalue weighted by Gasteiger charge is 2.52. The zero-order valence-electron chi connectivity index (χ0n) is 16.9. The van der Waals surface area contributed by atoms with Gasteiger partial charge in [-0.15, -0.1) is 0 Å². The number of carboxylic acids is 1. The van der Waals surface area contributed by atoms with Crippen molar-refractivity contribution in [2.45, 2.75) is 50.0 Å². The van der Waals surface area contributed by atoms with E-state index in [0.717, 1.165) is 40.0 Å². The molecule has 4 nitrogen and oxygen atoms in total. The van der Waals surface area contributed by atoms with Crippen molar-refractivity contribution >= 4 is 12.0 Å². The molecular formula is C26H26O4. The number of aliphatic carboxylic acids is 1. The molecule has 4 bridgehead atoms. The van der Waals surface area contributed by atoms with Gasteiger partial charge < -0.3 is 14.9 Å². The number of phenolic OH excluding ortho intramolecular Hbond substituents is 1. The van der Waals surface area contributed by atoms with Crippen molar-refractivity contribution in [1.29, 1.82) is 0 Å². The fraction of sp³-hybridized carbons (Fsp3) is 0.423. The second-order valence-electron chi connectivity index (χ2n) is 9.92. The summed E-state index contributed by atoms with van der Waals surface area (Å²) in [5.41, 5.74) is 4.31. The van der Waals surface area contributed by atoms with Gasteiger partial charge in [0.15, 0.2) is 0 Å². The normalized spacial score (nSPS) is 33.2. The molecule has 7 rings (SSSR count). The minimum absolute atomic E-state index is 0.140. The van der Waals surface area contributed by atoms with Gasteiger partial charge in [0.25, 0.3) is 0 Å². The van der Waals surface area contributed by atoms with E-state index >= 15 is 0 Å². The summed E-state index contributed by atoms with van der Waals surface area (Å²) >= 11 is 0. The van der Waals surface area contributed by atoms with E-state index in [1.807, 2.05) is 36.4 Å². The van der Waals surface area contributed by atoms with Gasteiger partial charge in [-0.25, -0.2) is 4.79 Å². The maximum Gasteiger partial charge on any atom is 0.349 e. The quantitative estimate of drug-likeness (QED) is 0.723. The number of carbonyl (C=O) groups is 1. The van der Waals surface area contributed by atoms with Crippen LogP contribution in [-0.2, 0) is 10.2 Å². The maximum atomic E-state index is 11.2. The molecule has 1 heterocycles. The van der Waals surface area contributed by atoms with Crippen LogP contribution >= 0.6 is 0 Å². The number of rotatable bonds is 3. The lowest BCUT2D eigenvalue weighted by Gasteiger charge is -2.57. The largest absolute Gasteiger partial charge is 0.508 e. The zero-order chi connectivity index (χ0) is 20.5. The highest BCUT2D eigenvalue weighted by atomic mass is 16.5. The van der Waals surface area contributed by atoms with Gasteiger partial charge in [0.1, 0.15) is 11.5 Å². The molecule has 0 saturated heterocycles. The minimum atomic E-state index is -0.986. The Bertz CT molecular complexity index is 1030. The smallest absolute Gasteiger partial charge is 0.349 e. The number of hydrogen-bond donors (Lipinski definition) is 2. The lowest BCUT2D eigenvalue weighted by atomic mass is 9.48. The Morgan fingerprint density at radius 1 is 0.933 bits per heavy atom. The Balaban J connectivity index is 1.37. The second kappa shape index (κ2) is 6.37. The standard InChI is InChI=1S/C26H26O4/c27-22-4-1-19(18-2-5-23-20(10-18)3-6-24(30-23)25(28)29)11-21(22)26-12-15-7-16(13-26)9-17(8-15)14-26/h1-6,10-11,15-17,24,27H,7-9,12-14H2,(H,28,29). The van der Waals surface area contributed by atoms with Gasteiger partial charge in [-0.2, -0.15) is 0 Å². The molecule has 0 spiro atoms. The summed E-state index contributed by atoms with van der Waals surface area (Å²) in [6, 6.07) is 11.9. The van der Waals surface area contributed by atoms with Crippen LogP contribution in [-0.4, -0.2) is 22.3 Å². The summed E-state index contributed by atoms with van der Waals surface area (Å²) in [6.07, 6.45) is 10.3. The monoisotopic (exact) mass is 402 g/mol. The number of aromatic hydroxyl groups is 1. The summed E-state index contributed by atoms with van der Waals surface area (Å²) in [4.78, 5) is 11.2. The molecule has 4 aliphatic carbocycles. The molecule has 0 amide bonds. The average Bonchev–Trinajstić information content (AvgIpc) is 2.72. The first-order valence-electron chi connectivity index (χ1n) is 11.0. The van der Waals surface area contributed by atoms with E-state index in [2.05, 4.69) is 6.07 Å². The van der Waals surface area contributed by atoms with Crippen LogP contribution in [0.15, 0.2) is 42.5 Å². The molecule has 5 aliphatic rings. The van der Waals surface area contributed by atoms with E-state index in [0.29, 0.717) is 11.5 Å². The zero-order valence-corrected chi connectivity index (χ0v) is 16.9. The summed E-state index contributed by atoms with van der Waals surface area (Å²) in [5.74, 6) is 2.52. The van der Waals surface area contributed by atoms with E-state index in [1.165, 1.54) is 38.5 Å². The Labute approximate surface area is 176 Å². The fourth-order valence-electron chi connectivity index (χ4n) is 7.05. The van der Waals surface area contributed by atoms with Crippen LogP contribution in [0, 0.1) is 17.8 Å². The van der Waals surface area contributed by atoms with Crippen LogP contribution in [0.1, 0.15) is 49.7 Å². The molecule has 4 heteroatoms. The van der Waals surface area contributed by atoms with E-state index < -0.39 is 12.1 Å². The summed E-state index contributed by atoms with van der Waals surface area (Å²) < 4.78 is 5.57. The van der Waals surface area contributed by atoms with Gasteiger partial charge in [-0.1, -0.05) is 18.2 Å². The average molecular weight is 402 g/mol. The molecule has 4 saturated carbocycles. The Hall–Kier alpha value is -2.75. The van der Waals surface area contributed by atoms with Crippen LogP contribution in [0.25, 0.3) is 17.2 Å². The molecule has 30 heavy (non-hydrogen) atoms. The summed E-state index contributed by atoms with van der Waals surface area (Å²) in [5, 5.41) is 20.0. The van der Waals surface area contributed by atoms with Crippen LogP contribution in [0.4, 0.5) is 0 Å². The van der Waals surface area contributed by atoms with Crippen molar-refractivity contribution in [2.75, 3.05) is 0 Å². The van der Waals surface area contributed by atoms with Gasteiger partial charge in [0, 0.05) is 11.1 Å². The van der Waals surface area contributed by atoms with Crippen molar-refractivity contribution in [2.24, 2.45) is 17.8 Å². The van der Waals surface area contributed by atoms with Crippen molar-refractivity contribution in [3.63, 3.8) is 0 Å². The third-order valence-electron chi connectivity index (χ3n) is 7.90. The predicted molar refractivity (Wildman–Crippen MR) is 114 cm³/mol. The van der Waals surface area contributed by atoms with E-state index in [4.69, 9.17) is 9.84 Å². The number of phenols is 1. The van der Waals surface area contributed by atoms with Gasteiger partial charge in [0.05, 0.1) is 0 Å². The number of carboxylic acid groups (broad SMARTS) is 1. The Kier molecular flexibility index (Phi) is 3.83. The number of ether oxygens (including phenoxy) is 1. The van der Waals surface area contributed by atoms with E-state index in [9.17, 15) is 9.90 Å². The van der Waals surface area contributed by atoms with Gasteiger partial charge in [-0.3, -0.25) is 0 Å². The maximum absolute atomic E-state index is 11.2. The summed E-state index contributed by atoms with van der Waals surface area (Å²) in [7, 11) is 0. The Morgan fingerprint density at radius 3 is 2.23 bits per heavy atom. The van der Waals surface area contributed by atoms with Crippen molar-refractivity contribution in [3.05, 3.63) is 53.6 Å². The lowest BCUT2D eigenvalue weighted by molar-refractivity contribution is -0.142. The second-order valence-corrected chi connectivity index (χ2v) is 9.92. The molecule has 4 fully saturated rings. The van der Waals surface area contributed by atoms with Crippen molar-refractivity contribution in [3.8, 4) is 22.6 Å². The van der Waals surface area contributed by atoms with Gasteiger partial charge >= 0.3 is 5.97 Å². The molecule has 2 aromatic carbocycles. The van der Waals surface area contributed by atoms with Gasteiger partial charge in [0.2, 0.25) is 6.10 Å². The number of benzene rings is 2. The minimum Gasteiger partial charge on any atom is -0.508 e. The molecular weight excluding hydrogens is 376 g/mol. The van der Waals surface area contributed by atoms with Crippen molar-refractivity contribution in [1.82, 2.24) is 0 Å². The summed E-state index contributed by atoms with van der Waals surface area (Å²) in [6.45, 7) is 0. The van der Waals surface area contributed by atoms with Crippen LogP contribution < -0.4 is 4.74 Å². The highest BCUT2D eigenvalue weighted by Crippen LogP contribution is 2.62. The molecule has 2 N–H and O–H groups in total. The topological polar surface area (TPSA) is 66.8 Å². The first kappa shape index (κ1) is 18.1. The molecule has 1 atom stereocenters. The molecule has 0 aromatic heterocycles. The number of fused-ring (bicyclic) bond motifs is 1. The first-order chi connectivity index (χ1) is 14.5. The molecule has 0 radical (unpaired) electrons. The lowest BCUT2D eigenvalue weighted by Crippen LogP contribution is -2.48. The SMILES string of the molecule is O=C(O)C1C=Cc2cc(-c3ccc(O)c(C45CC6CC(CC(C6)C4)C5)c3)ccc2O1. The van der Waals surface area contributed by atoms with Crippen LogP contribution in [0.2, 0.25) is 0 Å². The third kappa shape index (κ3) is 2.77. The van der Waals surface area contributed by atoms with Crippen molar-refractivity contribution < 1.29 is 19.7 Å². The molecule has 1 unspecified atom stereocenters. The van der Waals surface area contributed by atoms with Crippen LogP contribution in [0.3, 0.4) is 0 Å². The highest BCUT2D eigenvalue weighted by molar-refractivity contribution is 5.80. The predicted octanol–water partition coefficient (Wildman–Crippen LogP) is 5.39. The van der Waals surface area contributed by atoms with E-state index in [-0.39, 0.29) is 5.41 Å². The molecule has 1 aliphatic heterocycles. The Morgan fingerprint density at radius 2 is 1.57 bits per heavy atom. The third-order valence-corrected chi connectivity index (χ3v) is 7.90. The first-order valence-corrected chi connectivity index (χ1v) is 11.0. The molecule has 2 aromatic rings. The fourth-order valence-corrected chi connectivity index (χ4v) is 7.05.